The molecule has 0 aliphatic carbocycles. The predicted octanol–water partition coefficient (Wildman–Crippen LogP) is 1.18. The van der Waals surface area contributed by atoms with E-state index in [0.29, 0.717) is 19.4 Å². The molecule has 0 radical (unpaired) electrons. The van der Waals surface area contributed by atoms with Gasteiger partial charge in [0.25, 0.3) is 0 Å². The Labute approximate surface area is 67.4 Å². The van der Waals surface area contributed by atoms with Gasteiger partial charge in [-0.15, -0.1) is 0 Å². The molecule has 64 valence electrons. The Morgan fingerprint density at radius 1 is 1.18 bits per heavy atom. The zero-order valence-corrected chi connectivity index (χ0v) is 7.39. The lowest BCUT2D eigenvalue weighted by atomic mass is 10.4. The van der Waals surface area contributed by atoms with Crippen molar-refractivity contribution in [1.82, 2.24) is 4.90 Å². The van der Waals surface area contributed by atoms with Crippen LogP contribution in [-0.4, -0.2) is 23.3 Å². The first-order valence-electron chi connectivity index (χ1n) is 4.09. The zero-order valence-electron chi connectivity index (χ0n) is 7.39. The van der Waals surface area contributed by atoms with Gasteiger partial charge in [0.2, 0.25) is 11.8 Å². The van der Waals surface area contributed by atoms with E-state index in [1.54, 1.807) is 6.92 Å². The molecule has 2 amide bonds. The van der Waals surface area contributed by atoms with Crippen LogP contribution in [0.3, 0.4) is 0 Å². The molecule has 0 saturated carbocycles. The van der Waals surface area contributed by atoms with Gasteiger partial charge >= 0.3 is 0 Å². The van der Waals surface area contributed by atoms with Crippen LogP contribution in [0.15, 0.2) is 0 Å². The van der Waals surface area contributed by atoms with Gasteiger partial charge in [-0.2, -0.15) is 0 Å². The van der Waals surface area contributed by atoms with Crippen LogP contribution >= 0.6 is 0 Å². The van der Waals surface area contributed by atoms with Crippen LogP contribution in [0.4, 0.5) is 0 Å². The highest BCUT2D eigenvalue weighted by Gasteiger charge is 2.26. The number of hydrogen-bond acceptors (Lipinski definition) is 2. The van der Waals surface area contributed by atoms with Gasteiger partial charge in [0, 0.05) is 19.4 Å². The minimum absolute atomic E-state index is 0.0255. The lowest BCUT2D eigenvalue weighted by Crippen LogP contribution is -2.28. The maximum Gasteiger partial charge on any atom is 0.229 e. The molecule has 1 rings (SSSR count). The van der Waals surface area contributed by atoms with Crippen molar-refractivity contribution in [1.29, 1.82) is 0 Å². The number of nitrogens with zero attached hydrogens (tertiary/aromatic N) is 1. The molecule has 3 nitrogen and oxygen atoms in total. The number of likely N-dealkylation sites (tertiary alicyclic amines) is 1. The van der Waals surface area contributed by atoms with Crippen LogP contribution in [0.25, 0.3) is 0 Å². The number of carbonyl (C=O) groups excluding carboxylic acids is 2. The maximum absolute atomic E-state index is 10.7. The lowest BCUT2D eigenvalue weighted by Gasteiger charge is -2.08. The molecule has 1 aliphatic rings. The maximum atomic E-state index is 10.7. The van der Waals surface area contributed by atoms with E-state index in [-0.39, 0.29) is 11.8 Å². The van der Waals surface area contributed by atoms with E-state index in [4.69, 9.17) is 0 Å². The van der Waals surface area contributed by atoms with Gasteiger partial charge < -0.3 is 0 Å². The zero-order chi connectivity index (χ0) is 8.85. The molecule has 0 aromatic heterocycles. The highest BCUT2D eigenvalue weighted by molar-refractivity contribution is 6.01. The van der Waals surface area contributed by atoms with Crippen molar-refractivity contribution in [3.05, 3.63) is 0 Å². The SMILES string of the molecule is CC.CCN1C(=O)CCC1=O. The second kappa shape index (κ2) is 4.88. The standard InChI is InChI=1S/C6H9NO2.C2H6/c1-2-7-5(8)3-4-6(7)9;1-2/h2-4H2,1H3;1-2H3. The van der Waals surface area contributed by atoms with Gasteiger partial charge in [-0.05, 0) is 6.92 Å². The molecular formula is C8H15NO2. The topological polar surface area (TPSA) is 37.4 Å². The molecule has 1 fully saturated rings. The normalized spacial score (nSPS) is 16.5. The lowest BCUT2D eigenvalue weighted by molar-refractivity contribution is -0.138. The van der Waals surface area contributed by atoms with Crippen molar-refractivity contribution in [2.45, 2.75) is 33.6 Å². The largest absolute Gasteiger partial charge is 0.283 e. The summed E-state index contributed by atoms with van der Waals surface area (Å²) in [5, 5.41) is 0. The number of carbonyl (C=O) groups is 2. The van der Waals surface area contributed by atoms with E-state index in [1.807, 2.05) is 13.8 Å². The van der Waals surface area contributed by atoms with Crippen LogP contribution < -0.4 is 0 Å². The van der Waals surface area contributed by atoms with Crippen molar-refractivity contribution in [3.8, 4) is 0 Å². The van der Waals surface area contributed by atoms with Gasteiger partial charge in [-0.1, -0.05) is 13.8 Å². The molecule has 0 atom stereocenters. The minimum atomic E-state index is -0.0255. The number of amides is 2. The fourth-order valence-corrected chi connectivity index (χ4v) is 0.976. The summed E-state index contributed by atoms with van der Waals surface area (Å²) in [6.45, 7) is 6.33. The smallest absolute Gasteiger partial charge is 0.229 e. The quantitative estimate of drug-likeness (QED) is 0.536. The van der Waals surface area contributed by atoms with Crippen LogP contribution in [0.2, 0.25) is 0 Å². The molecule has 0 aromatic rings. The monoisotopic (exact) mass is 157 g/mol. The van der Waals surface area contributed by atoms with Crippen LogP contribution in [-0.2, 0) is 9.59 Å². The van der Waals surface area contributed by atoms with Gasteiger partial charge in [-0.3, -0.25) is 14.5 Å². The first kappa shape index (κ1) is 10.1. The highest BCUT2D eigenvalue weighted by Crippen LogP contribution is 2.09. The summed E-state index contributed by atoms with van der Waals surface area (Å²) in [6, 6.07) is 0. The average Bonchev–Trinajstić information content (AvgIpc) is 2.35. The van der Waals surface area contributed by atoms with E-state index in [1.165, 1.54) is 4.90 Å². The number of hydrogen-bond donors (Lipinski definition) is 0. The Morgan fingerprint density at radius 2 is 1.55 bits per heavy atom. The molecular weight excluding hydrogens is 142 g/mol. The second-order valence-electron chi connectivity index (χ2n) is 2.03. The van der Waals surface area contributed by atoms with E-state index < -0.39 is 0 Å². The molecule has 1 heterocycles. The molecule has 0 aromatic carbocycles. The fraction of sp³-hybridized carbons (Fsp3) is 0.750. The first-order valence-corrected chi connectivity index (χ1v) is 4.09. The van der Waals surface area contributed by atoms with Gasteiger partial charge in [0.15, 0.2) is 0 Å². The van der Waals surface area contributed by atoms with Crippen LogP contribution in [0.1, 0.15) is 33.6 Å². The molecule has 0 bridgehead atoms. The van der Waals surface area contributed by atoms with E-state index in [2.05, 4.69) is 0 Å². The van der Waals surface area contributed by atoms with Crippen LogP contribution in [0, 0.1) is 0 Å². The van der Waals surface area contributed by atoms with Crippen molar-refractivity contribution < 1.29 is 9.59 Å². The average molecular weight is 157 g/mol. The Kier molecular flexibility index (Phi) is 4.50. The predicted molar refractivity (Wildman–Crippen MR) is 43.0 cm³/mol. The molecule has 11 heavy (non-hydrogen) atoms. The summed E-state index contributed by atoms with van der Waals surface area (Å²) in [6.07, 6.45) is 0.819. The Hall–Kier alpha value is -0.860. The number of rotatable bonds is 1. The van der Waals surface area contributed by atoms with Crippen molar-refractivity contribution in [2.24, 2.45) is 0 Å². The molecule has 0 unspecified atom stereocenters. The third-order valence-corrected chi connectivity index (χ3v) is 1.47. The first-order chi connectivity index (χ1) is 5.25. The summed E-state index contributed by atoms with van der Waals surface area (Å²) in [4.78, 5) is 22.7. The third kappa shape index (κ3) is 2.33. The van der Waals surface area contributed by atoms with Gasteiger partial charge in [-0.25, -0.2) is 0 Å². The van der Waals surface area contributed by atoms with Crippen molar-refractivity contribution >= 4 is 11.8 Å². The molecule has 1 saturated heterocycles. The molecule has 0 N–H and O–H groups in total. The minimum Gasteiger partial charge on any atom is -0.283 e. The Bertz CT molecular complexity index is 138. The van der Waals surface area contributed by atoms with E-state index in [0.717, 1.165) is 0 Å². The second-order valence-corrected chi connectivity index (χ2v) is 2.03. The summed E-state index contributed by atoms with van der Waals surface area (Å²) < 4.78 is 0. The summed E-state index contributed by atoms with van der Waals surface area (Å²) in [5.74, 6) is -0.0509. The highest BCUT2D eigenvalue weighted by atomic mass is 16.2. The summed E-state index contributed by atoms with van der Waals surface area (Å²) in [5.41, 5.74) is 0. The van der Waals surface area contributed by atoms with Gasteiger partial charge in [0.1, 0.15) is 0 Å². The van der Waals surface area contributed by atoms with Crippen molar-refractivity contribution in [2.75, 3.05) is 6.54 Å². The molecule has 0 spiro atoms. The van der Waals surface area contributed by atoms with Gasteiger partial charge in [0.05, 0.1) is 0 Å². The number of imide groups is 1. The van der Waals surface area contributed by atoms with E-state index >= 15 is 0 Å². The molecule has 1 aliphatic heterocycles. The fourth-order valence-electron chi connectivity index (χ4n) is 0.976. The third-order valence-electron chi connectivity index (χ3n) is 1.47. The van der Waals surface area contributed by atoms with Crippen molar-refractivity contribution in [3.63, 3.8) is 0 Å². The summed E-state index contributed by atoms with van der Waals surface area (Å²) >= 11 is 0. The Balaban J connectivity index is 0.000000461. The van der Waals surface area contributed by atoms with E-state index in [9.17, 15) is 9.59 Å². The van der Waals surface area contributed by atoms with Crippen LogP contribution in [0.5, 0.6) is 0 Å². The molecule has 3 heteroatoms. The summed E-state index contributed by atoms with van der Waals surface area (Å²) in [7, 11) is 0. The Morgan fingerprint density at radius 3 is 1.73 bits per heavy atom.